The molecule has 142 valence electrons. The maximum absolute atomic E-state index is 13.0. The lowest BCUT2D eigenvalue weighted by Crippen LogP contribution is -2.35. The zero-order chi connectivity index (χ0) is 19.9. The van der Waals surface area contributed by atoms with Crippen molar-refractivity contribution in [3.63, 3.8) is 0 Å². The first-order chi connectivity index (χ1) is 12.7. The second-order valence-electron chi connectivity index (χ2n) is 6.98. The van der Waals surface area contributed by atoms with Crippen LogP contribution in [0.15, 0.2) is 21.5 Å². The quantitative estimate of drug-likeness (QED) is 0.761. The highest BCUT2D eigenvalue weighted by Crippen LogP contribution is 2.24. The van der Waals surface area contributed by atoms with E-state index in [0.29, 0.717) is 23.3 Å². The summed E-state index contributed by atoms with van der Waals surface area (Å²) in [5, 5.41) is 11.8. The van der Waals surface area contributed by atoms with E-state index in [0.717, 1.165) is 22.4 Å². The van der Waals surface area contributed by atoms with Gasteiger partial charge < -0.3 is 9.84 Å². The van der Waals surface area contributed by atoms with E-state index >= 15 is 0 Å². The molecule has 1 unspecified atom stereocenters. The maximum atomic E-state index is 13.0. The standard InChI is InChI=1S/C20H24N4O3/c1-7-15(19(25)21-17-11(3)8-10(2)9-12(17)4)24-20(26)18-16(13(5)22-24)14(6)27-23-18/h8-9,15H,7H2,1-6H3,(H,21,25). The molecular formula is C20H24N4O3. The highest BCUT2D eigenvalue weighted by Gasteiger charge is 2.25. The number of benzene rings is 1. The summed E-state index contributed by atoms with van der Waals surface area (Å²) in [5.74, 6) is 0.267. The smallest absolute Gasteiger partial charge is 0.297 e. The number of aromatic nitrogens is 3. The minimum Gasteiger partial charge on any atom is -0.360 e. The number of carbonyl (C=O) groups is 1. The Bertz CT molecular complexity index is 1070. The Morgan fingerprint density at radius 1 is 1.19 bits per heavy atom. The van der Waals surface area contributed by atoms with Gasteiger partial charge in [-0.3, -0.25) is 9.59 Å². The molecule has 1 atom stereocenters. The van der Waals surface area contributed by atoms with Gasteiger partial charge in [-0.1, -0.05) is 29.8 Å². The lowest BCUT2D eigenvalue weighted by atomic mass is 10.0. The Kier molecular flexibility index (Phi) is 4.87. The van der Waals surface area contributed by atoms with Gasteiger partial charge in [0.25, 0.3) is 5.56 Å². The van der Waals surface area contributed by atoms with E-state index in [1.165, 1.54) is 4.68 Å². The fourth-order valence-corrected chi connectivity index (χ4v) is 3.57. The number of anilines is 1. The predicted octanol–water partition coefficient (Wildman–Crippen LogP) is 3.52. The molecule has 2 aromatic heterocycles. The van der Waals surface area contributed by atoms with Gasteiger partial charge in [0.05, 0.1) is 11.1 Å². The number of aryl methyl sites for hydroxylation is 5. The number of nitrogens with zero attached hydrogens (tertiary/aromatic N) is 3. The van der Waals surface area contributed by atoms with Crippen LogP contribution in [0.1, 0.15) is 47.5 Å². The van der Waals surface area contributed by atoms with Crippen LogP contribution in [0, 0.1) is 34.6 Å². The van der Waals surface area contributed by atoms with Crippen molar-refractivity contribution in [2.75, 3.05) is 5.32 Å². The summed E-state index contributed by atoms with van der Waals surface area (Å²) in [7, 11) is 0. The summed E-state index contributed by atoms with van der Waals surface area (Å²) < 4.78 is 6.36. The molecule has 0 bridgehead atoms. The molecule has 3 aromatic rings. The van der Waals surface area contributed by atoms with E-state index in [9.17, 15) is 9.59 Å². The van der Waals surface area contributed by atoms with Crippen LogP contribution in [0.3, 0.4) is 0 Å². The predicted molar refractivity (Wildman–Crippen MR) is 104 cm³/mol. The first-order valence-corrected chi connectivity index (χ1v) is 8.98. The zero-order valence-corrected chi connectivity index (χ0v) is 16.5. The van der Waals surface area contributed by atoms with Crippen molar-refractivity contribution in [1.29, 1.82) is 0 Å². The Hall–Kier alpha value is -2.96. The van der Waals surface area contributed by atoms with Crippen molar-refractivity contribution in [1.82, 2.24) is 14.9 Å². The van der Waals surface area contributed by atoms with E-state index in [1.54, 1.807) is 13.8 Å². The van der Waals surface area contributed by atoms with Crippen LogP contribution in [0.2, 0.25) is 0 Å². The van der Waals surface area contributed by atoms with Crippen molar-refractivity contribution in [2.24, 2.45) is 0 Å². The average Bonchev–Trinajstić information content (AvgIpc) is 2.98. The van der Waals surface area contributed by atoms with Crippen LogP contribution in [0.5, 0.6) is 0 Å². The summed E-state index contributed by atoms with van der Waals surface area (Å²) in [6.07, 6.45) is 0.421. The Morgan fingerprint density at radius 2 is 1.81 bits per heavy atom. The van der Waals surface area contributed by atoms with Gasteiger partial charge in [-0.15, -0.1) is 0 Å². The minimum atomic E-state index is -0.738. The average molecular weight is 368 g/mol. The summed E-state index contributed by atoms with van der Waals surface area (Å²) in [5.41, 5.74) is 4.25. The monoisotopic (exact) mass is 368 g/mol. The second kappa shape index (κ2) is 6.98. The van der Waals surface area contributed by atoms with Crippen LogP contribution in [-0.2, 0) is 4.79 Å². The Labute approximate surface area is 157 Å². The molecule has 1 aromatic carbocycles. The molecule has 0 radical (unpaired) electrons. The number of nitrogens with one attached hydrogen (secondary N) is 1. The molecule has 7 nitrogen and oxygen atoms in total. The molecule has 27 heavy (non-hydrogen) atoms. The van der Waals surface area contributed by atoms with Crippen molar-refractivity contribution >= 4 is 22.5 Å². The molecule has 1 amide bonds. The lowest BCUT2D eigenvalue weighted by molar-refractivity contribution is -0.119. The molecule has 7 heteroatoms. The largest absolute Gasteiger partial charge is 0.360 e. The van der Waals surface area contributed by atoms with Crippen LogP contribution in [0.4, 0.5) is 5.69 Å². The number of rotatable bonds is 4. The number of carbonyl (C=O) groups excluding carboxylic acids is 1. The van der Waals surface area contributed by atoms with Crippen LogP contribution >= 0.6 is 0 Å². The summed E-state index contributed by atoms with van der Waals surface area (Å²) in [4.78, 5) is 25.8. The third-order valence-corrected chi connectivity index (χ3v) is 4.80. The van der Waals surface area contributed by atoms with E-state index in [4.69, 9.17) is 4.52 Å². The van der Waals surface area contributed by atoms with E-state index in [2.05, 4.69) is 15.6 Å². The van der Waals surface area contributed by atoms with Crippen LogP contribution in [-0.4, -0.2) is 20.8 Å². The lowest BCUT2D eigenvalue weighted by Gasteiger charge is -2.19. The van der Waals surface area contributed by atoms with Crippen molar-refractivity contribution in [3.8, 4) is 0 Å². The molecule has 0 fully saturated rings. The van der Waals surface area contributed by atoms with Gasteiger partial charge in [-0.2, -0.15) is 5.10 Å². The summed E-state index contributed by atoms with van der Waals surface area (Å²) >= 11 is 0. The van der Waals surface area contributed by atoms with E-state index < -0.39 is 11.6 Å². The Balaban J connectivity index is 2.03. The van der Waals surface area contributed by atoms with Gasteiger partial charge in [0.2, 0.25) is 5.91 Å². The van der Waals surface area contributed by atoms with Crippen molar-refractivity contribution in [3.05, 3.63) is 50.6 Å². The number of fused-ring (bicyclic) bond motifs is 1. The highest BCUT2D eigenvalue weighted by molar-refractivity contribution is 5.95. The fourth-order valence-electron chi connectivity index (χ4n) is 3.57. The SMILES string of the molecule is CCC(C(=O)Nc1c(C)cc(C)cc1C)n1nc(C)c2c(C)onc2c1=O. The number of hydrogen-bond donors (Lipinski definition) is 1. The third-order valence-electron chi connectivity index (χ3n) is 4.80. The first kappa shape index (κ1) is 18.8. The molecule has 0 aliphatic carbocycles. The van der Waals surface area contributed by atoms with Crippen molar-refractivity contribution < 1.29 is 9.32 Å². The van der Waals surface area contributed by atoms with Crippen molar-refractivity contribution in [2.45, 2.75) is 54.0 Å². The second-order valence-corrected chi connectivity index (χ2v) is 6.98. The molecule has 3 rings (SSSR count). The van der Waals surface area contributed by atoms with E-state index in [-0.39, 0.29) is 11.4 Å². The molecule has 0 saturated heterocycles. The summed E-state index contributed by atoms with van der Waals surface area (Å²) in [6, 6.07) is 3.29. The molecule has 1 N–H and O–H groups in total. The van der Waals surface area contributed by atoms with Gasteiger partial charge in [0, 0.05) is 5.69 Å². The molecular weight excluding hydrogens is 344 g/mol. The van der Waals surface area contributed by atoms with Crippen LogP contribution < -0.4 is 10.9 Å². The topological polar surface area (TPSA) is 90.0 Å². The van der Waals surface area contributed by atoms with Crippen LogP contribution in [0.25, 0.3) is 10.9 Å². The number of amides is 1. The minimum absolute atomic E-state index is 0.203. The van der Waals surface area contributed by atoms with Gasteiger partial charge in [0.1, 0.15) is 11.8 Å². The number of hydrogen-bond acceptors (Lipinski definition) is 5. The summed E-state index contributed by atoms with van der Waals surface area (Å²) in [6.45, 7) is 11.3. The third kappa shape index (κ3) is 3.25. The van der Waals surface area contributed by atoms with Gasteiger partial charge in [0.15, 0.2) is 5.52 Å². The normalized spacial score (nSPS) is 12.4. The first-order valence-electron chi connectivity index (χ1n) is 8.98. The molecule has 0 saturated carbocycles. The van der Waals surface area contributed by atoms with E-state index in [1.807, 2.05) is 39.8 Å². The molecule has 0 aliphatic rings. The maximum Gasteiger partial charge on any atom is 0.297 e. The Morgan fingerprint density at radius 3 is 2.41 bits per heavy atom. The molecule has 0 spiro atoms. The highest BCUT2D eigenvalue weighted by atomic mass is 16.5. The van der Waals surface area contributed by atoms with Gasteiger partial charge in [-0.25, -0.2) is 4.68 Å². The molecule has 0 aliphatic heterocycles. The van der Waals surface area contributed by atoms with Gasteiger partial charge in [-0.05, 0) is 52.2 Å². The molecule has 2 heterocycles. The fraction of sp³-hybridized carbons (Fsp3) is 0.400. The van der Waals surface area contributed by atoms with Gasteiger partial charge >= 0.3 is 0 Å². The zero-order valence-electron chi connectivity index (χ0n) is 16.5.